The molecule has 4 nitrogen and oxygen atoms in total. The molecule has 4 rings (SSSR count). The monoisotopic (exact) mass is 494 g/mol. The molecule has 0 radical (unpaired) electrons. The van der Waals surface area contributed by atoms with Gasteiger partial charge in [-0.2, -0.15) is 0 Å². The van der Waals surface area contributed by atoms with Gasteiger partial charge in [0.15, 0.2) is 0 Å². The number of hydrogen-bond acceptors (Lipinski definition) is 2. The molecule has 2 aliphatic heterocycles. The van der Waals surface area contributed by atoms with Crippen molar-refractivity contribution in [1.29, 1.82) is 0 Å². The normalized spacial score (nSPS) is 16.0. The Morgan fingerprint density at radius 2 is 1.15 bits per heavy atom. The number of benzene rings is 2. The maximum Gasteiger partial charge on any atom is 0.125 e. The van der Waals surface area contributed by atoms with Crippen LogP contribution < -0.4 is 5.32 Å². The Bertz CT molecular complexity index is 564. The molecule has 2 fully saturated rings. The molecule has 8 heteroatoms. The average molecular weight is 495 g/mol. The predicted octanol–water partition coefficient (Wildman–Crippen LogP) is 2.13. The minimum absolute atomic E-state index is 0. The number of nitrogens with one attached hydrogen (secondary N) is 1. The number of nitrogens with zero attached hydrogens (tertiary/aromatic N) is 1. The van der Waals surface area contributed by atoms with E-state index in [0.717, 1.165) is 0 Å². The Morgan fingerprint density at radius 1 is 0.778 bits per heavy atom. The van der Waals surface area contributed by atoms with E-state index in [2.05, 4.69) is 34.5 Å². The van der Waals surface area contributed by atoms with E-state index in [4.69, 9.17) is 0 Å². The number of rotatable bonds is 3. The first-order valence-electron chi connectivity index (χ1n) is 8.07. The third kappa shape index (κ3) is 7.92. The van der Waals surface area contributed by atoms with Crippen LogP contribution in [0.5, 0.6) is 0 Å². The van der Waals surface area contributed by atoms with Gasteiger partial charge in [-0.3, -0.25) is 4.90 Å². The quantitative estimate of drug-likeness (QED) is 0.663. The third-order valence-electron chi connectivity index (χ3n) is 4.19. The molecule has 0 spiro atoms. The van der Waals surface area contributed by atoms with Gasteiger partial charge in [0.25, 0.3) is 0 Å². The summed E-state index contributed by atoms with van der Waals surface area (Å²) in [7, 11) is 0. The number of likely N-dealkylation sites (tertiary alicyclic amines) is 1. The van der Waals surface area contributed by atoms with E-state index in [1.165, 1.54) is 11.1 Å². The zero-order valence-corrected chi connectivity index (χ0v) is 17.1. The summed E-state index contributed by atoms with van der Waals surface area (Å²) < 4.78 is 24.6. The molecular weight excluding hydrogens is 468 g/mol. The van der Waals surface area contributed by atoms with E-state index in [-0.39, 0.29) is 49.8 Å². The van der Waals surface area contributed by atoms with E-state index in [9.17, 15) is 8.78 Å². The predicted molar refractivity (Wildman–Crippen MR) is 103 cm³/mol. The third-order valence-corrected chi connectivity index (χ3v) is 4.19. The molecule has 2 aromatic carbocycles. The number of halogens is 3. The minimum Gasteiger partial charge on any atom is -0.412 e. The molecule has 2 heterocycles. The molecule has 0 aliphatic carbocycles. The van der Waals surface area contributed by atoms with Crippen LogP contribution >= 0.6 is 12.4 Å². The number of hydrogen-bond donors (Lipinski definition) is 1. The molecule has 27 heavy (non-hydrogen) atoms. The van der Waals surface area contributed by atoms with Gasteiger partial charge in [-0.15, -0.1) is 12.4 Å². The summed E-state index contributed by atoms with van der Waals surface area (Å²) in [6.07, 6.45) is -1.21. The van der Waals surface area contributed by atoms with Crippen molar-refractivity contribution in [2.24, 2.45) is 0 Å². The van der Waals surface area contributed by atoms with Gasteiger partial charge in [0.2, 0.25) is 0 Å². The van der Waals surface area contributed by atoms with E-state index >= 15 is 0 Å². The van der Waals surface area contributed by atoms with Crippen LogP contribution in [0.4, 0.5) is 8.78 Å². The van der Waals surface area contributed by atoms with Crippen LogP contribution in [0.3, 0.4) is 0 Å². The van der Waals surface area contributed by atoms with E-state index in [1.54, 1.807) is 0 Å². The van der Waals surface area contributed by atoms with Gasteiger partial charge in [-0.05, 0) is 11.1 Å². The fourth-order valence-electron chi connectivity index (χ4n) is 2.80. The molecule has 2 aliphatic rings. The van der Waals surface area contributed by atoms with E-state index in [1.807, 2.05) is 36.4 Å². The van der Waals surface area contributed by atoms with Crippen molar-refractivity contribution in [3.05, 3.63) is 71.8 Å². The Labute approximate surface area is 179 Å². The van der Waals surface area contributed by atoms with Crippen molar-refractivity contribution in [3.8, 4) is 0 Å². The molecule has 0 aromatic heterocycles. The van der Waals surface area contributed by atoms with Gasteiger partial charge in [0, 0.05) is 46.6 Å². The molecule has 0 amide bonds. The molecule has 156 valence electrons. The van der Waals surface area contributed by atoms with Crippen LogP contribution in [0, 0.1) is 0 Å². The van der Waals surface area contributed by atoms with Crippen LogP contribution in [0.25, 0.3) is 0 Å². The second-order valence-electron chi connectivity index (χ2n) is 6.03. The average Bonchev–Trinajstić information content (AvgIpc) is 2.54. The fourth-order valence-corrected chi connectivity index (χ4v) is 2.80. The second-order valence-corrected chi connectivity index (χ2v) is 6.03. The first-order chi connectivity index (χ1) is 11.2. The Hall–Kier alpha value is -0.908. The molecule has 5 N–H and O–H groups in total. The molecule has 2 aromatic rings. The van der Waals surface area contributed by atoms with Crippen LogP contribution in [-0.4, -0.2) is 54.4 Å². The maximum absolute atomic E-state index is 13.1. The second kappa shape index (κ2) is 14.1. The number of alkyl halides is 2. The first-order valence-corrected chi connectivity index (χ1v) is 8.07. The smallest absolute Gasteiger partial charge is 0.125 e. The summed E-state index contributed by atoms with van der Waals surface area (Å²) in [5, 5.41) is 2.79. The topological polar surface area (TPSA) is 78.3 Å². The Morgan fingerprint density at radius 3 is 1.41 bits per heavy atom. The summed E-state index contributed by atoms with van der Waals surface area (Å²) in [5.41, 5.74) is 2.46. The molecule has 2 saturated heterocycles. The molecule has 0 unspecified atom stereocenters. The van der Waals surface area contributed by atoms with Crippen molar-refractivity contribution in [3.63, 3.8) is 0 Å². The minimum atomic E-state index is -0.667. The molecule has 0 saturated carbocycles. The van der Waals surface area contributed by atoms with Crippen LogP contribution in [0.1, 0.15) is 17.2 Å². The van der Waals surface area contributed by atoms with Crippen LogP contribution in [0.15, 0.2) is 60.7 Å². The van der Waals surface area contributed by atoms with Crippen LogP contribution in [0.2, 0.25) is 0 Å². The molecule has 0 atom stereocenters. The van der Waals surface area contributed by atoms with Gasteiger partial charge >= 0.3 is 0 Å². The summed E-state index contributed by atoms with van der Waals surface area (Å²) in [4.78, 5) is 2.19. The SMILES string of the molecule is Cl.FC1CN(C(c2ccccc2)c2ccccc2)C1.FC1CNC1.O.O.[Pd]. The van der Waals surface area contributed by atoms with Gasteiger partial charge in [0.05, 0.1) is 6.04 Å². The summed E-state index contributed by atoms with van der Waals surface area (Å²) in [6.45, 7) is 2.21. The van der Waals surface area contributed by atoms with Crippen molar-refractivity contribution in [2.45, 2.75) is 18.4 Å². The van der Waals surface area contributed by atoms with Crippen molar-refractivity contribution >= 4 is 12.4 Å². The standard InChI is InChI=1S/C16H16FN.C3H6FN.ClH.2H2O.Pd/c17-15-11-18(12-15)16(13-7-3-1-4-8-13)14-9-5-2-6-10-14;4-3-1-5-2-3;;;;/h1-10,15-16H,11-12H2;3,5H,1-2H2;1H;2*1H2;. The van der Waals surface area contributed by atoms with Gasteiger partial charge in [-0.25, -0.2) is 8.78 Å². The largest absolute Gasteiger partial charge is 0.412 e. The molecule has 0 bridgehead atoms. The summed E-state index contributed by atoms with van der Waals surface area (Å²) in [5.74, 6) is 0. The summed E-state index contributed by atoms with van der Waals surface area (Å²) in [6, 6.07) is 20.8. The Balaban J connectivity index is 0. The fraction of sp³-hybridized carbons (Fsp3) is 0.368. The van der Waals surface area contributed by atoms with E-state index in [0.29, 0.717) is 26.2 Å². The molecular formula is C19H27ClF2N2O2Pd. The van der Waals surface area contributed by atoms with Crippen molar-refractivity contribution in [1.82, 2.24) is 10.2 Å². The Kier molecular flexibility index (Phi) is 14.8. The van der Waals surface area contributed by atoms with Gasteiger partial charge < -0.3 is 16.3 Å². The summed E-state index contributed by atoms with van der Waals surface area (Å²) >= 11 is 0. The first kappa shape index (κ1) is 28.3. The van der Waals surface area contributed by atoms with Crippen LogP contribution in [-0.2, 0) is 20.4 Å². The van der Waals surface area contributed by atoms with Crippen molar-refractivity contribution in [2.75, 3.05) is 26.2 Å². The zero-order chi connectivity index (χ0) is 16.1. The van der Waals surface area contributed by atoms with E-state index < -0.39 is 12.3 Å². The van der Waals surface area contributed by atoms with Crippen molar-refractivity contribution < 1.29 is 40.2 Å². The maximum atomic E-state index is 13.1. The van der Waals surface area contributed by atoms with Gasteiger partial charge in [0.1, 0.15) is 12.3 Å². The van der Waals surface area contributed by atoms with Gasteiger partial charge in [-0.1, -0.05) is 60.7 Å². The zero-order valence-electron chi connectivity index (χ0n) is 14.8.